The van der Waals surface area contributed by atoms with Crippen LogP contribution in [-0.2, 0) is 10.3 Å². The topological polar surface area (TPSA) is 84.5 Å². The van der Waals surface area contributed by atoms with Crippen molar-refractivity contribution >= 4 is 16.3 Å². The minimum absolute atomic E-state index is 0.254. The van der Waals surface area contributed by atoms with E-state index in [0.717, 1.165) is 10.0 Å². The maximum atomic E-state index is 13.7. The predicted octanol–water partition coefficient (Wildman–Crippen LogP) is 5.66. The third-order valence-electron chi connectivity index (χ3n) is 4.74. The monoisotopic (exact) mass is 604 g/mol. The molecule has 0 aliphatic carbocycles. The molecule has 0 aromatic heterocycles. The molecule has 0 saturated heterocycles. The molecule has 6 nitrogen and oxygen atoms in total. The Bertz CT molecular complexity index is 1130. The molecule has 2 N–H and O–H groups in total. The lowest BCUT2D eigenvalue weighted by atomic mass is 9.92. The average molecular weight is 604 g/mol. The van der Waals surface area contributed by atoms with E-state index in [1.54, 1.807) is 6.92 Å². The first kappa shape index (κ1) is 33.4. The highest BCUT2D eigenvalue weighted by molar-refractivity contribution is 7.85. The van der Waals surface area contributed by atoms with Gasteiger partial charge in [-0.2, -0.15) is 65.5 Å². The van der Waals surface area contributed by atoms with Crippen molar-refractivity contribution in [1.29, 1.82) is 0 Å². The van der Waals surface area contributed by atoms with Gasteiger partial charge in [0.25, 0.3) is 0 Å². The summed E-state index contributed by atoms with van der Waals surface area (Å²) in [6.07, 6.45) is -10.3. The molecule has 220 valence electrons. The van der Waals surface area contributed by atoms with Gasteiger partial charge in [0, 0.05) is 13.0 Å². The zero-order valence-electron chi connectivity index (χ0n) is 19.0. The first-order valence-corrected chi connectivity index (χ1v) is 11.1. The van der Waals surface area contributed by atoms with Crippen molar-refractivity contribution in [3.63, 3.8) is 0 Å². The maximum absolute atomic E-state index is 13.7. The maximum Gasteiger partial charge on any atom is 0.460 e. The predicted molar refractivity (Wildman–Crippen MR) is 102 cm³/mol. The molecule has 0 aliphatic heterocycles. The van der Waals surface area contributed by atoms with Crippen molar-refractivity contribution in [2.75, 3.05) is 6.54 Å². The average Bonchev–Trinajstić information content (AvgIpc) is 2.68. The van der Waals surface area contributed by atoms with Gasteiger partial charge in [-0.25, -0.2) is 9.52 Å². The molecule has 0 radical (unpaired) electrons. The fourth-order valence-corrected chi connectivity index (χ4v) is 3.69. The molecule has 1 aromatic rings. The van der Waals surface area contributed by atoms with Gasteiger partial charge in [-0.1, -0.05) is 17.7 Å². The molecule has 1 aromatic carbocycles. The Labute approximate surface area is 205 Å². The van der Waals surface area contributed by atoms with Crippen LogP contribution in [0, 0.1) is 20.8 Å². The number of carbonyl (C=O) groups is 1. The molecule has 20 heteroatoms. The zero-order chi connectivity index (χ0) is 30.3. The van der Waals surface area contributed by atoms with Gasteiger partial charge < -0.3 is 9.50 Å². The van der Waals surface area contributed by atoms with Crippen molar-refractivity contribution < 1.29 is 74.5 Å². The van der Waals surface area contributed by atoms with Crippen molar-refractivity contribution in [1.82, 2.24) is 10.0 Å². The molecule has 0 heterocycles. The van der Waals surface area contributed by atoms with Crippen LogP contribution in [0.15, 0.2) is 12.1 Å². The molecule has 0 bridgehead atoms. The summed E-state index contributed by atoms with van der Waals surface area (Å²) in [5, 5.41) is 1.15. The van der Waals surface area contributed by atoms with Gasteiger partial charge in [0.15, 0.2) is 0 Å². The van der Waals surface area contributed by atoms with E-state index in [0.29, 0.717) is 5.56 Å². The Morgan fingerprint density at radius 2 is 1.18 bits per heavy atom. The second-order valence-corrected chi connectivity index (χ2v) is 9.15. The molecule has 2 amide bonds. The number of hydrogen-bond acceptors (Lipinski definition) is 4. The van der Waals surface area contributed by atoms with Gasteiger partial charge in [0.05, 0.1) is 0 Å². The largest absolute Gasteiger partial charge is 0.460 e. The first-order valence-electron chi connectivity index (χ1n) is 9.68. The van der Waals surface area contributed by atoms with Crippen LogP contribution in [0.25, 0.3) is 0 Å². The Balaban J connectivity index is 2.98. The zero-order valence-corrected chi connectivity index (χ0v) is 19.8. The standard InChI is InChI=1S/C18H17F13N2O4S/c1-8-6-9(2)11(10(3)7-8)37-38(35,36)33-12(34)32-5-4-13(19,20)14(21,22)15(23,24)16(25,26)17(27,28)18(29,30)31/h6-7H,4-5H2,1-3H3,(H2,32,33,34). The first-order chi connectivity index (χ1) is 16.6. The molecule has 0 fully saturated rings. The normalized spacial score (nSPS) is 14.3. The minimum atomic E-state index is -8.05. The summed E-state index contributed by atoms with van der Waals surface area (Å²) in [4.78, 5) is 11.6. The number of aryl methyl sites for hydroxylation is 3. The number of halogens is 13. The molecule has 0 aliphatic rings. The fourth-order valence-electron chi connectivity index (χ4n) is 2.87. The summed E-state index contributed by atoms with van der Waals surface area (Å²) < 4.78 is 199. The summed E-state index contributed by atoms with van der Waals surface area (Å²) in [6.45, 7) is 2.56. The van der Waals surface area contributed by atoms with Crippen LogP contribution in [0.5, 0.6) is 5.75 Å². The van der Waals surface area contributed by atoms with Gasteiger partial charge in [0.1, 0.15) is 5.75 Å². The van der Waals surface area contributed by atoms with Crippen molar-refractivity contribution in [2.45, 2.75) is 63.0 Å². The molecule has 38 heavy (non-hydrogen) atoms. The van der Waals surface area contributed by atoms with Crippen LogP contribution in [-0.4, -0.2) is 56.8 Å². The third kappa shape index (κ3) is 6.14. The van der Waals surface area contributed by atoms with Crippen molar-refractivity contribution in [3.8, 4) is 5.75 Å². The number of amides is 2. The van der Waals surface area contributed by atoms with E-state index in [9.17, 15) is 70.3 Å². The van der Waals surface area contributed by atoms with Crippen molar-refractivity contribution in [3.05, 3.63) is 28.8 Å². The fraction of sp³-hybridized carbons (Fsp3) is 0.611. The van der Waals surface area contributed by atoms with Crippen molar-refractivity contribution in [2.24, 2.45) is 0 Å². The van der Waals surface area contributed by atoms with E-state index >= 15 is 0 Å². The van der Waals surface area contributed by atoms with Crippen LogP contribution in [0.4, 0.5) is 61.9 Å². The molecule has 0 unspecified atom stereocenters. The summed E-state index contributed by atoms with van der Waals surface area (Å²) in [6, 6.07) is 0.945. The number of benzene rings is 1. The second-order valence-electron chi connectivity index (χ2n) is 7.87. The molecule has 0 saturated carbocycles. The highest BCUT2D eigenvalue weighted by Gasteiger charge is 2.90. The third-order valence-corrected chi connectivity index (χ3v) is 5.56. The van der Waals surface area contributed by atoms with E-state index in [2.05, 4.69) is 4.18 Å². The molecule has 1 rings (SSSR count). The summed E-state index contributed by atoms with van der Waals surface area (Å²) >= 11 is 0. The van der Waals surface area contributed by atoms with E-state index in [-0.39, 0.29) is 16.9 Å². The van der Waals surface area contributed by atoms with Crippen LogP contribution in [0.2, 0.25) is 0 Å². The van der Waals surface area contributed by atoms with Gasteiger partial charge in [0.2, 0.25) is 0 Å². The lowest BCUT2D eigenvalue weighted by Gasteiger charge is -2.39. The lowest BCUT2D eigenvalue weighted by molar-refractivity contribution is -0.440. The number of alkyl halides is 13. The summed E-state index contributed by atoms with van der Waals surface area (Å²) in [5.74, 6) is -38.1. The summed E-state index contributed by atoms with van der Waals surface area (Å²) in [5.41, 5.74) is 1.19. The Hall–Kier alpha value is -2.67. The van der Waals surface area contributed by atoms with Crippen LogP contribution in [0.1, 0.15) is 23.1 Å². The van der Waals surface area contributed by atoms with Gasteiger partial charge in [-0.15, -0.1) is 0 Å². The Morgan fingerprint density at radius 1 is 0.763 bits per heavy atom. The summed E-state index contributed by atoms with van der Waals surface area (Å²) in [7, 11) is -5.07. The quantitative estimate of drug-likeness (QED) is 0.338. The Kier molecular flexibility index (Phi) is 8.90. The van der Waals surface area contributed by atoms with Gasteiger partial charge in [-0.05, 0) is 31.9 Å². The smallest absolute Gasteiger partial charge is 0.366 e. The van der Waals surface area contributed by atoms with E-state index in [1.807, 2.05) is 0 Å². The van der Waals surface area contributed by atoms with Crippen LogP contribution >= 0.6 is 0 Å². The number of urea groups is 1. The van der Waals surface area contributed by atoms with E-state index < -0.39 is 65.1 Å². The highest BCUT2D eigenvalue weighted by Crippen LogP contribution is 2.60. The minimum Gasteiger partial charge on any atom is -0.366 e. The van der Waals surface area contributed by atoms with Crippen LogP contribution < -0.4 is 14.2 Å². The lowest BCUT2D eigenvalue weighted by Crippen LogP contribution is -2.70. The molecular formula is C18H17F13N2O4S. The number of carbonyl (C=O) groups excluding carboxylic acids is 1. The second kappa shape index (κ2) is 10.1. The molecule has 0 atom stereocenters. The van der Waals surface area contributed by atoms with E-state index in [1.165, 1.54) is 26.0 Å². The van der Waals surface area contributed by atoms with Crippen LogP contribution in [0.3, 0.4) is 0 Å². The number of rotatable bonds is 10. The SMILES string of the molecule is Cc1cc(C)c(OS(=O)(=O)NC(=O)NCCC(F)(F)C(F)(F)C(F)(F)C(F)(F)C(F)(F)C(F)(F)F)c(C)c1. The number of nitrogens with one attached hydrogen (secondary N) is 2. The highest BCUT2D eigenvalue weighted by atomic mass is 32.2. The van der Waals surface area contributed by atoms with E-state index in [4.69, 9.17) is 0 Å². The molecule has 0 spiro atoms. The van der Waals surface area contributed by atoms with Gasteiger partial charge in [-0.3, -0.25) is 0 Å². The van der Waals surface area contributed by atoms with Gasteiger partial charge >= 0.3 is 52.1 Å². The Morgan fingerprint density at radius 3 is 1.61 bits per heavy atom. The molecular weight excluding hydrogens is 587 g/mol. The number of hydrogen-bond donors (Lipinski definition) is 2.